The smallest absolute Gasteiger partial charge is 0.472 e. The number of carbonyl (C=O) groups excluding carboxylic acids is 2. The van der Waals surface area contributed by atoms with Gasteiger partial charge in [-0.3, -0.25) is 23.4 Å². The third-order valence-corrected chi connectivity index (χ3v) is 9.03. The summed E-state index contributed by atoms with van der Waals surface area (Å²) in [7, 11) is -4.72. The van der Waals surface area contributed by atoms with Crippen LogP contribution in [0, 0.1) is 0 Å². The summed E-state index contributed by atoms with van der Waals surface area (Å²) < 4.78 is 32.5. The molecule has 0 saturated heterocycles. The standard InChI is InChI=1S/C40H70NO10P/c1-3-5-7-9-11-13-14-15-16-17-18-19-20-21-22-24-26-28-30-32-39(43)51-36(34-49-52(46,47)50-35-37(41)40(44)45)33-48-38(42)31-29-27-25-23-12-10-8-6-4-2/h11,13,15-16,18-19,21-22,36-37H,3-10,12,14,17,20,23-35,41H2,1-2H3,(H,44,45)(H,46,47)/b13-11+,16-15+,19-18+,22-21+/t36-,37-/m0/s1. The van der Waals surface area contributed by atoms with Crippen LogP contribution in [-0.2, 0) is 37.5 Å². The number of phosphoric acid groups is 1. The SMILES string of the molecule is CCCCC/C=C/C/C=C/C/C=C/C/C=C/CCCCCC(=O)O[C@@H](COC(=O)CCCCCCCCCCC)COP(=O)(O)OC[C@H](N)C(=O)O. The average molecular weight is 756 g/mol. The summed E-state index contributed by atoms with van der Waals surface area (Å²) in [6.45, 7) is 2.69. The number of nitrogens with two attached hydrogens (primary N) is 1. The molecule has 0 aliphatic carbocycles. The fourth-order valence-corrected chi connectivity index (χ4v) is 5.71. The maximum atomic E-state index is 12.6. The first kappa shape index (κ1) is 49.4. The zero-order valence-electron chi connectivity index (χ0n) is 32.1. The summed E-state index contributed by atoms with van der Waals surface area (Å²) in [4.78, 5) is 45.7. The van der Waals surface area contributed by atoms with Crippen LogP contribution in [0.5, 0.6) is 0 Å². The quantitative estimate of drug-likeness (QED) is 0.0241. The van der Waals surface area contributed by atoms with Crippen molar-refractivity contribution in [1.29, 1.82) is 0 Å². The first-order valence-electron chi connectivity index (χ1n) is 19.7. The molecule has 11 nitrogen and oxygen atoms in total. The lowest BCUT2D eigenvalue weighted by atomic mass is 10.1. The largest absolute Gasteiger partial charge is 0.480 e. The summed E-state index contributed by atoms with van der Waals surface area (Å²) in [5.74, 6) is -2.43. The molecule has 1 unspecified atom stereocenters. The minimum atomic E-state index is -4.72. The molecule has 0 rings (SSSR count). The molecule has 0 aromatic heterocycles. The molecule has 300 valence electrons. The summed E-state index contributed by atoms with van der Waals surface area (Å²) in [5.41, 5.74) is 5.31. The van der Waals surface area contributed by atoms with E-state index in [0.717, 1.165) is 57.8 Å². The van der Waals surface area contributed by atoms with Gasteiger partial charge in [0.25, 0.3) is 0 Å². The molecule has 0 aromatic rings. The summed E-state index contributed by atoms with van der Waals surface area (Å²) >= 11 is 0. The molecular weight excluding hydrogens is 685 g/mol. The molecule has 0 spiro atoms. The number of carboxylic acid groups (broad SMARTS) is 1. The lowest BCUT2D eigenvalue weighted by Crippen LogP contribution is -2.34. The number of allylic oxidation sites excluding steroid dienone is 8. The molecule has 0 bridgehead atoms. The van der Waals surface area contributed by atoms with Crippen molar-refractivity contribution < 1.29 is 47.5 Å². The second kappa shape index (κ2) is 35.5. The Hall–Kier alpha value is -2.56. The van der Waals surface area contributed by atoms with Crippen LogP contribution in [0.25, 0.3) is 0 Å². The van der Waals surface area contributed by atoms with Gasteiger partial charge in [-0.1, -0.05) is 133 Å². The van der Waals surface area contributed by atoms with E-state index in [1.165, 1.54) is 57.8 Å². The summed E-state index contributed by atoms with van der Waals surface area (Å²) in [6, 6.07) is -1.53. The highest BCUT2D eigenvalue weighted by Gasteiger charge is 2.28. The zero-order valence-corrected chi connectivity index (χ0v) is 33.0. The van der Waals surface area contributed by atoms with E-state index >= 15 is 0 Å². The average Bonchev–Trinajstić information content (AvgIpc) is 3.12. The monoisotopic (exact) mass is 755 g/mol. The van der Waals surface area contributed by atoms with E-state index in [9.17, 15) is 23.8 Å². The fraction of sp³-hybridized carbons (Fsp3) is 0.725. The minimum absolute atomic E-state index is 0.123. The first-order chi connectivity index (χ1) is 25.1. The molecular formula is C40H70NO10P. The van der Waals surface area contributed by atoms with Crippen LogP contribution in [-0.4, -0.2) is 59.9 Å². The molecule has 0 aliphatic rings. The number of hydrogen-bond acceptors (Lipinski definition) is 9. The molecule has 52 heavy (non-hydrogen) atoms. The van der Waals surface area contributed by atoms with Gasteiger partial charge in [-0.05, 0) is 57.8 Å². The predicted octanol–water partition coefficient (Wildman–Crippen LogP) is 9.83. The number of ether oxygens (including phenoxy) is 2. The highest BCUT2D eigenvalue weighted by atomic mass is 31.2. The van der Waals surface area contributed by atoms with Gasteiger partial charge in [0.15, 0.2) is 6.10 Å². The van der Waals surface area contributed by atoms with E-state index < -0.39 is 51.1 Å². The van der Waals surface area contributed by atoms with Gasteiger partial charge in [0.2, 0.25) is 0 Å². The second-order valence-electron chi connectivity index (χ2n) is 13.1. The summed E-state index contributed by atoms with van der Waals surface area (Å²) in [5, 5.41) is 8.85. The molecule has 0 fully saturated rings. The van der Waals surface area contributed by atoms with E-state index in [0.29, 0.717) is 12.8 Å². The van der Waals surface area contributed by atoms with Crippen LogP contribution < -0.4 is 5.73 Å². The Labute approximate surface area is 314 Å². The van der Waals surface area contributed by atoms with Crippen LogP contribution in [0.4, 0.5) is 0 Å². The third-order valence-electron chi connectivity index (χ3n) is 8.08. The molecule has 0 heterocycles. The third kappa shape index (κ3) is 34.5. The number of esters is 2. The Balaban J connectivity index is 4.46. The van der Waals surface area contributed by atoms with Gasteiger partial charge in [0, 0.05) is 12.8 Å². The van der Waals surface area contributed by atoms with Crippen molar-refractivity contribution in [2.45, 2.75) is 167 Å². The van der Waals surface area contributed by atoms with Crippen molar-refractivity contribution in [2.75, 3.05) is 19.8 Å². The molecule has 0 saturated carbocycles. The molecule has 0 aromatic carbocycles. The Bertz CT molecular complexity index is 1070. The first-order valence-corrected chi connectivity index (χ1v) is 21.2. The summed E-state index contributed by atoms with van der Waals surface area (Å²) in [6.07, 6.45) is 37.6. The Kier molecular flexibility index (Phi) is 33.7. The molecule has 3 atom stereocenters. The van der Waals surface area contributed by atoms with E-state index in [-0.39, 0.29) is 19.4 Å². The molecule has 0 aliphatic heterocycles. The normalized spacial score (nSPS) is 14.4. The highest BCUT2D eigenvalue weighted by Crippen LogP contribution is 2.43. The van der Waals surface area contributed by atoms with Gasteiger partial charge in [0.1, 0.15) is 12.6 Å². The van der Waals surface area contributed by atoms with Gasteiger partial charge in [-0.25, -0.2) is 4.57 Å². The van der Waals surface area contributed by atoms with Crippen molar-refractivity contribution >= 4 is 25.7 Å². The number of carbonyl (C=O) groups is 3. The van der Waals surface area contributed by atoms with Crippen LogP contribution in [0.15, 0.2) is 48.6 Å². The molecule has 0 radical (unpaired) electrons. The van der Waals surface area contributed by atoms with Crippen LogP contribution in [0.2, 0.25) is 0 Å². The predicted molar refractivity (Wildman–Crippen MR) is 208 cm³/mol. The van der Waals surface area contributed by atoms with Crippen LogP contribution >= 0.6 is 7.82 Å². The Morgan fingerprint density at radius 2 is 1.02 bits per heavy atom. The van der Waals surface area contributed by atoms with Gasteiger partial charge in [-0.2, -0.15) is 0 Å². The van der Waals surface area contributed by atoms with Gasteiger partial charge in [-0.15, -0.1) is 0 Å². The van der Waals surface area contributed by atoms with E-state index in [1.807, 2.05) is 0 Å². The molecule has 12 heteroatoms. The number of phosphoric ester groups is 1. The topological polar surface area (TPSA) is 172 Å². The zero-order chi connectivity index (χ0) is 38.5. The fourth-order valence-electron chi connectivity index (χ4n) is 4.93. The lowest BCUT2D eigenvalue weighted by Gasteiger charge is -2.20. The maximum Gasteiger partial charge on any atom is 0.472 e. The number of aliphatic carboxylic acids is 1. The minimum Gasteiger partial charge on any atom is -0.480 e. The maximum absolute atomic E-state index is 12.6. The second-order valence-corrected chi connectivity index (χ2v) is 14.5. The number of hydrogen-bond donors (Lipinski definition) is 3. The number of unbranched alkanes of at least 4 members (excludes halogenated alkanes) is 14. The van der Waals surface area contributed by atoms with Gasteiger partial charge >= 0.3 is 25.7 Å². The Morgan fingerprint density at radius 1 is 0.596 bits per heavy atom. The highest BCUT2D eigenvalue weighted by molar-refractivity contribution is 7.47. The van der Waals surface area contributed by atoms with E-state index in [4.69, 9.17) is 24.8 Å². The van der Waals surface area contributed by atoms with Crippen LogP contribution in [0.1, 0.15) is 155 Å². The lowest BCUT2D eigenvalue weighted by molar-refractivity contribution is -0.161. The van der Waals surface area contributed by atoms with E-state index in [2.05, 4.69) is 67.0 Å². The van der Waals surface area contributed by atoms with Crippen molar-refractivity contribution in [3.05, 3.63) is 48.6 Å². The molecule has 0 amide bonds. The number of rotatable bonds is 36. The van der Waals surface area contributed by atoms with E-state index in [1.54, 1.807) is 0 Å². The van der Waals surface area contributed by atoms with Crippen molar-refractivity contribution in [2.24, 2.45) is 5.73 Å². The van der Waals surface area contributed by atoms with Crippen LogP contribution in [0.3, 0.4) is 0 Å². The van der Waals surface area contributed by atoms with Crippen molar-refractivity contribution in [3.8, 4) is 0 Å². The molecule has 4 N–H and O–H groups in total. The van der Waals surface area contributed by atoms with Gasteiger partial charge < -0.3 is 25.2 Å². The number of carboxylic acids is 1. The Morgan fingerprint density at radius 3 is 1.56 bits per heavy atom. The van der Waals surface area contributed by atoms with Gasteiger partial charge in [0.05, 0.1) is 13.2 Å². The van der Waals surface area contributed by atoms with Crippen molar-refractivity contribution in [3.63, 3.8) is 0 Å². The van der Waals surface area contributed by atoms with Crippen molar-refractivity contribution in [1.82, 2.24) is 0 Å².